The predicted molar refractivity (Wildman–Crippen MR) is 82.3 cm³/mol. The van der Waals surface area contributed by atoms with E-state index in [1.165, 1.54) is 12.1 Å². The summed E-state index contributed by atoms with van der Waals surface area (Å²) in [4.78, 5) is 11.6. The van der Waals surface area contributed by atoms with E-state index in [-0.39, 0.29) is 27.3 Å². The third-order valence-electron chi connectivity index (χ3n) is 2.32. The summed E-state index contributed by atoms with van der Waals surface area (Å²) in [5, 5.41) is 2.96. The van der Waals surface area contributed by atoms with Crippen LogP contribution in [-0.2, 0) is 14.8 Å². The normalized spacial score (nSPS) is 11.2. The van der Waals surface area contributed by atoms with Crippen LogP contribution in [0.3, 0.4) is 0 Å². The van der Waals surface area contributed by atoms with Crippen LogP contribution in [0, 0.1) is 0 Å². The van der Waals surface area contributed by atoms with Crippen molar-refractivity contribution in [3.63, 3.8) is 0 Å². The molecule has 0 unspecified atom stereocenters. The van der Waals surface area contributed by atoms with Gasteiger partial charge in [0, 0.05) is 6.54 Å². The van der Waals surface area contributed by atoms with Crippen LogP contribution in [0.15, 0.2) is 12.1 Å². The molecular weight excluding hydrogens is 347 g/mol. The van der Waals surface area contributed by atoms with E-state index in [2.05, 4.69) is 5.32 Å². The van der Waals surface area contributed by atoms with Crippen molar-refractivity contribution in [2.24, 2.45) is 0 Å². The van der Waals surface area contributed by atoms with E-state index < -0.39 is 15.9 Å². The zero-order valence-corrected chi connectivity index (χ0v) is 13.9. The van der Waals surface area contributed by atoms with Gasteiger partial charge < -0.3 is 5.32 Å². The molecule has 0 heterocycles. The molecule has 20 heavy (non-hydrogen) atoms. The molecule has 0 aromatic heterocycles. The van der Waals surface area contributed by atoms with E-state index in [9.17, 15) is 13.2 Å². The first kappa shape index (κ1) is 17.4. The molecule has 0 aliphatic carbocycles. The van der Waals surface area contributed by atoms with E-state index in [1.807, 2.05) is 0 Å². The van der Waals surface area contributed by atoms with Crippen molar-refractivity contribution in [1.82, 2.24) is 5.32 Å². The molecule has 5 nitrogen and oxygen atoms in total. The van der Waals surface area contributed by atoms with E-state index in [1.54, 1.807) is 6.92 Å². The minimum atomic E-state index is -3.70. The smallest absolute Gasteiger partial charge is 0.240 e. The Morgan fingerprint density at radius 1 is 1.20 bits per heavy atom. The fourth-order valence-corrected chi connectivity index (χ4v) is 3.02. The minimum absolute atomic E-state index is 0.0918. The first-order valence-corrected chi connectivity index (χ1v) is 8.54. The highest BCUT2D eigenvalue weighted by molar-refractivity contribution is 7.92. The Bertz CT molecular complexity index is 620. The summed E-state index contributed by atoms with van der Waals surface area (Å²) in [6.45, 7) is 1.74. The second-order valence-electron chi connectivity index (χ2n) is 3.94. The molecule has 1 aromatic carbocycles. The van der Waals surface area contributed by atoms with Crippen molar-refractivity contribution in [3.8, 4) is 0 Å². The Morgan fingerprint density at radius 3 is 2.25 bits per heavy atom. The molecule has 0 atom stereocenters. The van der Waals surface area contributed by atoms with Crippen LogP contribution in [0.5, 0.6) is 0 Å². The number of rotatable bonds is 5. The van der Waals surface area contributed by atoms with E-state index in [4.69, 9.17) is 34.8 Å². The van der Waals surface area contributed by atoms with Gasteiger partial charge >= 0.3 is 0 Å². The molecule has 112 valence electrons. The third kappa shape index (κ3) is 4.41. The monoisotopic (exact) mass is 358 g/mol. The number of likely N-dealkylation sites (N-methyl/N-ethyl adjacent to an activating group) is 1. The molecule has 0 spiro atoms. The molecule has 1 rings (SSSR count). The maximum atomic E-state index is 11.8. The fraction of sp³-hybridized carbons (Fsp3) is 0.364. The summed E-state index contributed by atoms with van der Waals surface area (Å²) in [7, 11) is -3.70. The quantitative estimate of drug-likeness (QED) is 0.822. The summed E-state index contributed by atoms with van der Waals surface area (Å²) in [6.07, 6.45) is 0.977. The Hall–Kier alpha value is -0.690. The van der Waals surface area contributed by atoms with Crippen molar-refractivity contribution >= 4 is 56.4 Å². The topological polar surface area (TPSA) is 66.5 Å². The number of amides is 1. The van der Waals surface area contributed by atoms with E-state index in [0.29, 0.717) is 6.54 Å². The van der Waals surface area contributed by atoms with Crippen LogP contribution < -0.4 is 9.62 Å². The highest BCUT2D eigenvalue weighted by atomic mass is 35.5. The van der Waals surface area contributed by atoms with E-state index >= 15 is 0 Å². The van der Waals surface area contributed by atoms with Crippen LogP contribution in [0.4, 0.5) is 5.69 Å². The molecular formula is C11H13Cl3N2O3S. The zero-order chi connectivity index (χ0) is 15.5. The molecule has 0 aliphatic heterocycles. The van der Waals surface area contributed by atoms with Gasteiger partial charge in [0.25, 0.3) is 0 Å². The molecule has 9 heteroatoms. The lowest BCUT2D eigenvalue weighted by Crippen LogP contribution is -2.40. The number of anilines is 1. The standard InChI is InChI=1S/C11H13Cl3N2O3S/c1-3-15-11(17)6-16(20(2,18)19)10-5-8(13)7(12)4-9(10)14/h4-5H,3,6H2,1-2H3,(H,15,17). The summed E-state index contributed by atoms with van der Waals surface area (Å²) in [5.41, 5.74) is 0.106. The molecule has 0 saturated carbocycles. The number of carbonyl (C=O) groups is 1. The maximum absolute atomic E-state index is 11.8. The van der Waals surface area contributed by atoms with Gasteiger partial charge in [-0.3, -0.25) is 9.10 Å². The summed E-state index contributed by atoms with van der Waals surface area (Å²) in [5.74, 6) is -0.444. The summed E-state index contributed by atoms with van der Waals surface area (Å²) >= 11 is 17.6. The number of nitrogens with one attached hydrogen (secondary N) is 1. The second-order valence-corrected chi connectivity index (χ2v) is 7.07. The molecule has 0 aliphatic rings. The Labute approximate surface area is 132 Å². The number of halogens is 3. The number of sulfonamides is 1. The average molecular weight is 360 g/mol. The molecule has 0 bridgehead atoms. The minimum Gasteiger partial charge on any atom is -0.355 e. The van der Waals surface area contributed by atoms with Crippen LogP contribution in [0.2, 0.25) is 15.1 Å². The largest absolute Gasteiger partial charge is 0.355 e. The van der Waals surface area contributed by atoms with Crippen molar-refractivity contribution in [3.05, 3.63) is 27.2 Å². The maximum Gasteiger partial charge on any atom is 0.240 e. The molecule has 0 saturated heterocycles. The van der Waals surface area contributed by atoms with Gasteiger partial charge in [0.15, 0.2) is 0 Å². The van der Waals surface area contributed by atoms with Gasteiger partial charge in [-0.1, -0.05) is 34.8 Å². The fourth-order valence-electron chi connectivity index (χ4n) is 1.47. The van der Waals surface area contributed by atoms with Crippen LogP contribution >= 0.6 is 34.8 Å². The van der Waals surface area contributed by atoms with Crippen molar-refractivity contribution in [2.45, 2.75) is 6.92 Å². The molecule has 1 N–H and O–H groups in total. The van der Waals surface area contributed by atoms with Crippen molar-refractivity contribution in [2.75, 3.05) is 23.7 Å². The van der Waals surface area contributed by atoms with Crippen molar-refractivity contribution in [1.29, 1.82) is 0 Å². The zero-order valence-electron chi connectivity index (χ0n) is 10.8. The Balaban J connectivity index is 3.26. The van der Waals surface area contributed by atoms with Crippen LogP contribution in [-0.4, -0.2) is 33.7 Å². The first-order chi connectivity index (χ1) is 9.16. The number of hydrogen-bond donors (Lipinski definition) is 1. The second kappa shape index (κ2) is 6.85. The van der Waals surface area contributed by atoms with Gasteiger partial charge in [-0.25, -0.2) is 8.42 Å². The van der Waals surface area contributed by atoms with E-state index in [0.717, 1.165) is 10.6 Å². The first-order valence-electron chi connectivity index (χ1n) is 5.55. The lowest BCUT2D eigenvalue weighted by atomic mass is 10.3. The highest BCUT2D eigenvalue weighted by Gasteiger charge is 2.23. The summed E-state index contributed by atoms with van der Waals surface area (Å²) < 4.78 is 24.5. The van der Waals surface area contributed by atoms with Gasteiger partial charge in [-0.05, 0) is 19.1 Å². The number of hydrogen-bond acceptors (Lipinski definition) is 3. The van der Waals surface area contributed by atoms with Crippen LogP contribution in [0.1, 0.15) is 6.92 Å². The van der Waals surface area contributed by atoms with Gasteiger partial charge in [0.2, 0.25) is 15.9 Å². The Kier molecular flexibility index (Phi) is 5.94. The van der Waals surface area contributed by atoms with Gasteiger partial charge in [0.1, 0.15) is 6.54 Å². The highest BCUT2D eigenvalue weighted by Crippen LogP contribution is 2.35. The number of benzene rings is 1. The molecule has 0 radical (unpaired) electrons. The van der Waals surface area contributed by atoms with Gasteiger partial charge in [-0.2, -0.15) is 0 Å². The number of carbonyl (C=O) groups excluding carboxylic acids is 1. The average Bonchev–Trinajstić information content (AvgIpc) is 2.30. The molecule has 1 amide bonds. The van der Waals surface area contributed by atoms with Crippen LogP contribution in [0.25, 0.3) is 0 Å². The SMILES string of the molecule is CCNC(=O)CN(c1cc(Cl)c(Cl)cc1Cl)S(C)(=O)=O. The van der Waals surface area contributed by atoms with Gasteiger partial charge in [-0.15, -0.1) is 0 Å². The van der Waals surface area contributed by atoms with Gasteiger partial charge in [0.05, 0.1) is 27.0 Å². The molecule has 0 fully saturated rings. The number of nitrogens with zero attached hydrogens (tertiary/aromatic N) is 1. The lowest BCUT2D eigenvalue weighted by molar-refractivity contribution is -0.119. The predicted octanol–water partition coefficient (Wildman–Crippen LogP) is 2.55. The lowest BCUT2D eigenvalue weighted by Gasteiger charge is -2.23. The Morgan fingerprint density at radius 2 is 1.75 bits per heavy atom. The van der Waals surface area contributed by atoms with Crippen molar-refractivity contribution < 1.29 is 13.2 Å². The molecule has 1 aromatic rings. The summed E-state index contributed by atoms with van der Waals surface area (Å²) in [6, 6.07) is 2.64. The third-order valence-corrected chi connectivity index (χ3v) is 4.47.